The average Bonchev–Trinajstić information content (AvgIpc) is 2.46. The van der Waals surface area contributed by atoms with Crippen LogP contribution in [0, 0.1) is 71.2 Å². The Bertz CT molecular complexity index is 346. The van der Waals surface area contributed by atoms with Gasteiger partial charge in [-0.05, 0) is 0 Å². The summed E-state index contributed by atoms with van der Waals surface area (Å²) in [5.74, 6) is 0. The van der Waals surface area contributed by atoms with E-state index in [0.29, 0.717) is 0 Å². The molecule has 162 valence electrons. The molecule has 0 aliphatic rings. The van der Waals surface area contributed by atoms with Crippen LogP contribution in [0.25, 0.3) is 0 Å². The molecule has 0 fully saturated rings. The van der Waals surface area contributed by atoms with Gasteiger partial charge in [0.25, 0.3) is 0 Å². The van der Waals surface area contributed by atoms with E-state index in [1.165, 1.54) is 0 Å². The minimum atomic E-state index is -2.08. The Morgan fingerprint density at radius 2 is 0.483 bits per heavy atom. The van der Waals surface area contributed by atoms with Crippen LogP contribution in [-0.4, -0.2) is 67.6 Å². The maximum atomic E-state index is 8.83. The SMILES string of the molecule is O=C(O)O[O-].O=C(O)O[O-].O=C(O)O[O-].O=C([O-])O.O=C([O-])O.O=C([O-])O.[La+3].[La+3]. The van der Waals surface area contributed by atoms with Crippen molar-refractivity contribution in [2.24, 2.45) is 0 Å². The molecule has 0 rings (SSSR count). The van der Waals surface area contributed by atoms with E-state index < -0.39 is 36.9 Å². The smallest absolute Gasteiger partial charge is 0.659 e. The Morgan fingerprint density at radius 1 is 0.448 bits per heavy atom. The van der Waals surface area contributed by atoms with Crippen molar-refractivity contribution in [3.63, 3.8) is 0 Å². The summed E-state index contributed by atoms with van der Waals surface area (Å²) in [6.45, 7) is 0. The largest absolute Gasteiger partial charge is 3.00 e. The molecule has 0 saturated heterocycles. The predicted molar refractivity (Wildman–Crippen MR) is 51.4 cm³/mol. The van der Waals surface area contributed by atoms with E-state index in [-0.39, 0.29) is 71.2 Å². The summed E-state index contributed by atoms with van der Waals surface area (Å²) in [5.41, 5.74) is 0. The summed E-state index contributed by atoms with van der Waals surface area (Å²) in [7, 11) is 0. The van der Waals surface area contributed by atoms with Crippen LogP contribution in [0.2, 0.25) is 0 Å². The predicted octanol–water partition coefficient (Wildman–Crippen LogP) is -6.47. The van der Waals surface area contributed by atoms with Crippen LogP contribution in [0.3, 0.4) is 0 Å². The van der Waals surface area contributed by atoms with E-state index in [1.54, 1.807) is 0 Å². The molecule has 0 aliphatic carbocycles. The van der Waals surface area contributed by atoms with E-state index >= 15 is 0 Å². The topological polar surface area (TPSA) is 390 Å². The number of carbonyl (C=O) groups is 6. The summed E-state index contributed by atoms with van der Waals surface area (Å²) in [5, 5.41) is 93.1. The van der Waals surface area contributed by atoms with Gasteiger partial charge in [-0.2, -0.15) is 0 Å². The van der Waals surface area contributed by atoms with Crippen LogP contribution in [0.5, 0.6) is 0 Å². The van der Waals surface area contributed by atoms with Gasteiger partial charge >= 0.3 is 89.7 Å². The molecule has 0 saturated carbocycles. The Kier molecular flexibility index (Phi) is 78.3. The third-order valence-electron chi connectivity index (χ3n) is 0.214. The van der Waals surface area contributed by atoms with Crippen LogP contribution in [-0.2, 0) is 14.7 Å². The molecule has 0 aromatic heterocycles. The first-order valence-corrected chi connectivity index (χ1v) is 4.29. The third-order valence-corrected chi connectivity index (χ3v) is 0.214. The maximum absolute atomic E-state index is 8.83. The first kappa shape index (κ1) is 50.5. The Balaban J connectivity index is -0.0000000301. The molecule has 0 spiro atoms. The van der Waals surface area contributed by atoms with Crippen LogP contribution in [0.4, 0.5) is 28.8 Å². The second kappa shape index (κ2) is 44.9. The standard InChI is InChI=1S/3CH2O4.3CH2O3.2La/c3*2-1(3)5-4;3*2-1(3)4;;/h3*4H,(H,2,3);3*(H2,2,3,4);;/q;;;;;;2*+3/p-6. The number of rotatable bonds is 0. The van der Waals surface area contributed by atoms with Gasteiger partial charge in [-0.3, -0.25) is 0 Å². The van der Waals surface area contributed by atoms with Gasteiger partial charge < -0.3 is 90.8 Å². The van der Waals surface area contributed by atoms with Crippen molar-refractivity contribution < 1.29 is 176 Å². The number of carboxylic acid groups (broad SMARTS) is 9. The molecule has 0 unspecified atom stereocenters. The maximum Gasteiger partial charge on any atom is 3.00 e. The van der Waals surface area contributed by atoms with Crippen molar-refractivity contribution >= 4 is 36.9 Å². The molecule has 0 radical (unpaired) electrons. The van der Waals surface area contributed by atoms with Gasteiger partial charge in [0, 0.05) is 0 Å². The molecule has 21 nitrogen and oxygen atoms in total. The van der Waals surface area contributed by atoms with Gasteiger partial charge in [0.2, 0.25) is 18.5 Å². The number of hydrogen-bond acceptors (Lipinski definition) is 15. The van der Waals surface area contributed by atoms with Crippen molar-refractivity contribution in [2.45, 2.75) is 0 Å². The fourth-order valence-electron chi connectivity index (χ4n) is 0. The molecule has 0 atom stereocenters. The second-order valence-electron chi connectivity index (χ2n) is 1.85. The summed E-state index contributed by atoms with van der Waals surface area (Å²) in [6.07, 6.45) is -11.7. The van der Waals surface area contributed by atoms with E-state index in [0.717, 1.165) is 0 Å². The number of hydrogen-bond donors (Lipinski definition) is 6. The second-order valence-corrected chi connectivity index (χ2v) is 1.85. The van der Waals surface area contributed by atoms with Crippen LogP contribution in [0.15, 0.2) is 0 Å². The van der Waals surface area contributed by atoms with E-state index in [4.69, 9.17) is 90.5 Å². The molecule has 23 heteroatoms. The zero-order chi connectivity index (χ0) is 23.6. The van der Waals surface area contributed by atoms with Gasteiger partial charge in [-0.25, -0.2) is 14.4 Å². The molecule has 6 N–H and O–H groups in total. The van der Waals surface area contributed by atoms with E-state index in [9.17, 15) is 0 Å². The zero-order valence-electron chi connectivity index (χ0n) is 13.0. The minimum absolute atomic E-state index is 0. The Morgan fingerprint density at radius 3 is 0.483 bits per heavy atom. The third kappa shape index (κ3) is 977. The van der Waals surface area contributed by atoms with Crippen molar-refractivity contribution in [1.82, 2.24) is 0 Å². The van der Waals surface area contributed by atoms with Crippen molar-refractivity contribution in [3.8, 4) is 0 Å². The minimum Gasteiger partial charge on any atom is -0.659 e. The van der Waals surface area contributed by atoms with Gasteiger partial charge in [0.05, 0.1) is 0 Å². The normalized spacial score (nSPS) is 5.90. The van der Waals surface area contributed by atoms with Gasteiger partial charge in [-0.15, -0.1) is 0 Å². The molecular weight excluding hydrogens is 686 g/mol. The zero-order valence-corrected chi connectivity index (χ0v) is 20.2. The molecule has 0 heterocycles. The Labute approximate surface area is 211 Å². The molecule has 0 aromatic carbocycles. The average molecular weight is 692 g/mol. The van der Waals surface area contributed by atoms with E-state index in [1.807, 2.05) is 0 Å². The van der Waals surface area contributed by atoms with Gasteiger partial charge in [-0.1, -0.05) is 0 Å². The first-order chi connectivity index (χ1) is 12.0. The monoisotopic (exact) mass is 692 g/mol. The molecular formula is C6H6La2O21. The molecule has 0 aromatic rings. The fourth-order valence-corrected chi connectivity index (χ4v) is 0. The van der Waals surface area contributed by atoms with Crippen LogP contribution in [0.1, 0.15) is 0 Å². The van der Waals surface area contributed by atoms with Gasteiger partial charge in [0.15, 0.2) is 0 Å². The quantitative estimate of drug-likeness (QED) is 0.101. The van der Waals surface area contributed by atoms with Crippen molar-refractivity contribution in [3.05, 3.63) is 0 Å². The summed E-state index contributed by atoms with van der Waals surface area (Å²) in [4.78, 5) is 59.1. The summed E-state index contributed by atoms with van der Waals surface area (Å²) >= 11 is 0. The van der Waals surface area contributed by atoms with Crippen molar-refractivity contribution in [1.29, 1.82) is 0 Å². The molecule has 0 bridgehead atoms. The molecule has 0 aliphatic heterocycles. The summed E-state index contributed by atoms with van der Waals surface area (Å²) < 4.78 is 0. The fraction of sp³-hybridized carbons (Fsp3) is 0. The molecule has 0 amide bonds. The van der Waals surface area contributed by atoms with Crippen molar-refractivity contribution in [2.75, 3.05) is 0 Å². The van der Waals surface area contributed by atoms with Crippen LogP contribution < -0.4 is 31.1 Å². The van der Waals surface area contributed by atoms with Crippen LogP contribution >= 0.6 is 0 Å². The first-order valence-electron chi connectivity index (χ1n) is 4.29. The molecule has 29 heavy (non-hydrogen) atoms. The summed E-state index contributed by atoms with van der Waals surface area (Å²) in [6, 6.07) is 0. The van der Waals surface area contributed by atoms with E-state index in [2.05, 4.69) is 14.7 Å². The van der Waals surface area contributed by atoms with Gasteiger partial charge in [0.1, 0.15) is 0 Å². The Hall–Kier alpha value is -2.11.